The molecule has 0 unspecified atom stereocenters. The molecule has 4 rings (SSSR count). The Morgan fingerprint density at radius 1 is 1.12 bits per heavy atom. The number of nitrogens with zero attached hydrogens (tertiary/aromatic N) is 3. The van der Waals surface area contributed by atoms with E-state index in [4.69, 9.17) is 0 Å². The summed E-state index contributed by atoms with van der Waals surface area (Å²) in [5, 5.41) is 13.9. The monoisotopic (exact) mass is 339 g/mol. The van der Waals surface area contributed by atoms with Gasteiger partial charge < -0.3 is 10.0 Å². The number of carbonyl (C=O) groups is 2. The molecule has 1 aliphatic heterocycles. The predicted molar refractivity (Wildman–Crippen MR) is 91.4 cm³/mol. The van der Waals surface area contributed by atoms with Crippen LogP contribution in [0.15, 0.2) is 36.7 Å². The third kappa shape index (κ3) is 2.62. The fraction of sp³-hybridized carbons (Fsp3) is 0.421. The highest BCUT2D eigenvalue weighted by atomic mass is 16.4. The van der Waals surface area contributed by atoms with Crippen LogP contribution in [-0.2, 0) is 23.2 Å². The van der Waals surface area contributed by atoms with E-state index in [1.807, 2.05) is 12.1 Å². The van der Waals surface area contributed by atoms with E-state index in [0.717, 1.165) is 19.3 Å². The summed E-state index contributed by atoms with van der Waals surface area (Å²) in [7, 11) is 0. The van der Waals surface area contributed by atoms with Gasteiger partial charge in [0.05, 0.1) is 0 Å². The number of rotatable bonds is 3. The molecule has 0 radical (unpaired) electrons. The van der Waals surface area contributed by atoms with Crippen molar-refractivity contribution in [3.8, 4) is 0 Å². The zero-order valence-electron chi connectivity index (χ0n) is 14.0. The first-order valence-electron chi connectivity index (χ1n) is 8.75. The molecule has 2 aliphatic rings. The van der Waals surface area contributed by atoms with Gasteiger partial charge in [-0.2, -0.15) is 5.10 Å². The Balaban J connectivity index is 1.51. The number of carboxylic acid groups (broad SMARTS) is 1. The second kappa shape index (κ2) is 6.02. The van der Waals surface area contributed by atoms with Gasteiger partial charge in [-0.25, -0.2) is 4.79 Å². The Morgan fingerprint density at radius 3 is 2.56 bits per heavy atom. The van der Waals surface area contributed by atoms with Gasteiger partial charge in [0.1, 0.15) is 0 Å². The summed E-state index contributed by atoms with van der Waals surface area (Å²) in [6.45, 7) is 0.837. The van der Waals surface area contributed by atoms with Gasteiger partial charge in [-0.3, -0.25) is 9.48 Å². The average Bonchev–Trinajstić information content (AvgIpc) is 3.32. The number of aliphatic carboxylic acids is 1. The number of fused-ring (bicyclic) bond motifs is 1. The molecular formula is C19H21N3O3. The van der Waals surface area contributed by atoms with E-state index in [0.29, 0.717) is 31.5 Å². The lowest BCUT2D eigenvalue weighted by Crippen LogP contribution is -2.52. The van der Waals surface area contributed by atoms with Gasteiger partial charge in [-0.15, -0.1) is 0 Å². The minimum absolute atomic E-state index is 0.00541. The summed E-state index contributed by atoms with van der Waals surface area (Å²) in [4.78, 5) is 26.5. The molecule has 6 heteroatoms. The molecule has 1 saturated heterocycles. The van der Waals surface area contributed by atoms with Crippen molar-refractivity contribution in [1.29, 1.82) is 0 Å². The summed E-state index contributed by atoms with van der Waals surface area (Å²) >= 11 is 0. The molecule has 0 spiro atoms. The van der Waals surface area contributed by atoms with Crippen molar-refractivity contribution in [3.63, 3.8) is 0 Å². The first-order chi connectivity index (χ1) is 12.1. The van der Waals surface area contributed by atoms with Crippen LogP contribution in [0.5, 0.6) is 0 Å². The van der Waals surface area contributed by atoms with Gasteiger partial charge in [-0.05, 0) is 48.6 Å². The van der Waals surface area contributed by atoms with Gasteiger partial charge in [0.25, 0.3) is 5.91 Å². The highest BCUT2D eigenvalue weighted by Crippen LogP contribution is 2.31. The SMILES string of the molecule is O=C(c1ccc2c(c1)CCC2)N1CCC(C(=O)O)(n2cccn2)CC1. The number of aromatic nitrogens is 2. The van der Waals surface area contributed by atoms with E-state index in [-0.39, 0.29) is 5.91 Å². The molecule has 1 N–H and O–H groups in total. The van der Waals surface area contributed by atoms with Crippen molar-refractivity contribution in [3.05, 3.63) is 53.3 Å². The Hall–Kier alpha value is -2.63. The number of carbonyl (C=O) groups excluding carboxylic acids is 1. The van der Waals surface area contributed by atoms with Crippen molar-refractivity contribution < 1.29 is 14.7 Å². The lowest BCUT2D eigenvalue weighted by molar-refractivity contribution is -0.150. The lowest BCUT2D eigenvalue weighted by Gasteiger charge is -2.39. The second-order valence-electron chi connectivity index (χ2n) is 6.92. The smallest absolute Gasteiger partial charge is 0.331 e. The summed E-state index contributed by atoms with van der Waals surface area (Å²) < 4.78 is 1.52. The van der Waals surface area contributed by atoms with Crippen LogP contribution in [0.25, 0.3) is 0 Å². The largest absolute Gasteiger partial charge is 0.479 e. The number of likely N-dealkylation sites (tertiary alicyclic amines) is 1. The molecule has 1 aromatic heterocycles. The highest BCUT2D eigenvalue weighted by Gasteiger charge is 2.44. The standard InChI is InChI=1S/C19H21N3O3/c23-17(16-6-5-14-3-1-4-15(14)13-16)21-11-7-19(8-12-21,18(24)25)22-10-2-9-20-22/h2,5-6,9-10,13H,1,3-4,7-8,11-12H2,(H,24,25). The van der Waals surface area contributed by atoms with Crippen molar-refractivity contribution in [2.45, 2.75) is 37.6 Å². The summed E-state index contributed by atoms with van der Waals surface area (Å²) in [5.74, 6) is -0.894. The topological polar surface area (TPSA) is 75.4 Å². The van der Waals surface area contributed by atoms with Gasteiger partial charge in [0, 0.05) is 43.9 Å². The Morgan fingerprint density at radius 2 is 1.88 bits per heavy atom. The van der Waals surface area contributed by atoms with Crippen LogP contribution < -0.4 is 0 Å². The molecule has 25 heavy (non-hydrogen) atoms. The Labute approximate surface area is 146 Å². The molecule has 1 fully saturated rings. The first kappa shape index (κ1) is 15.9. The molecule has 1 amide bonds. The molecule has 1 aromatic carbocycles. The van der Waals surface area contributed by atoms with Crippen LogP contribution in [0.4, 0.5) is 0 Å². The number of carboxylic acids is 1. The molecule has 2 aromatic rings. The van der Waals surface area contributed by atoms with Crippen LogP contribution in [0.3, 0.4) is 0 Å². The molecule has 130 valence electrons. The van der Waals surface area contributed by atoms with E-state index >= 15 is 0 Å². The number of amides is 1. The van der Waals surface area contributed by atoms with Gasteiger partial charge in [-0.1, -0.05) is 6.07 Å². The molecule has 0 bridgehead atoms. The Bertz CT molecular complexity index is 805. The number of hydrogen-bond donors (Lipinski definition) is 1. The van der Waals surface area contributed by atoms with E-state index < -0.39 is 11.5 Å². The minimum atomic E-state index is -1.06. The maximum absolute atomic E-state index is 12.8. The third-order valence-corrected chi connectivity index (χ3v) is 5.56. The summed E-state index contributed by atoms with van der Waals surface area (Å²) in [6, 6.07) is 7.70. The maximum atomic E-state index is 12.8. The van der Waals surface area contributed by atoms with Crippen molar-refractivity contribution in [1.82, 2.24) is 14.7 Å². The molecular weight excluding hydrogens is 318 g/mol. The van der Waals surface area contributed by atoms with Gasteiger partial charge in [0.2, 0.25) is 0 Å². The molecule has 2 heterocycles. The molecule has 6 nitrogen and oxygen atoms in total. The van der Waals surface area contributed by atoms with E-state index in [1.54, 1.807) is 23.4 Å². The van der Waals surface area contributed by atoms with Crippen LogP contribution in [0, 0.1) is 0 Å². The maximum Gasteiger partial charge on any atom is 0.331 e. The molecule has 0 atom stereocenters. The number of benzene rings is 1. The first-order valence-corrected chi connectivity index (χ1v) is 8.75. The second-order valence-corrected chi connectivity index (χ2v) is 6.92. The lowest BCUT2D eigenvalue weighted by atomic mass is 9.87. The molecule has 1 aliphatic carbocycles. The van der Waals surface area contributed by atoms with Crippen LogP contribution in [-0.4, -0.2) is 44.8 Å². The van der Waals surface area contributed by atoms with Crippen LogP contribution in [0.1, 0.15) is 40.7 Å². The van der Waals surface area contributed by atoms with Crippen LogP contribution >= 0.6 is 0 Å². The fourth-order valence-electron chi connectivity index (χ4n) is 4.03. The highest BCUT2D eigenvalue weighted by molar-refractivity contribution is 5.94. The summed E-state index contributed by atoms with van der Waals surface area (Å²) in [5.41, 5.74) is 2.28. The van der Waals surface area contributed by atoms with Gasteiger partial charge >= 0.3 is 5.97 Å². The van der Waals surface area contributed by atoms with Gasteiger partial charge in [0.15, 0.2) is 5.54 Å². The van der Waals surface area contributed by atoms with Crippen molar-refractivity contribution in [2.24, 2.45) is 0 Å². The zero-order valence-corrected chi connectivity index (χ0v) is 14.0. The Kier molecular flexibility index (Phi) is 3.82. The van der Waals surface area contributed by atoms with Crippen molar-refractivity contribution >= 4 is 11.9 Å². The van der Waals surface area contributed by atoms with E-state index in [2.05, 4.69) is 11.2 Å². The van der Waals surface area contributed by atoms with Crippen LogP contribution in [0.2, 0.25) is 0 Å². The molecule has 0 saturated carbocycles. The quantitative estimate of drug-likeness (QED) is 0.929. The number of piperidine rings is 1. The van der Waals surface area contributed by atoms with E-state index in [1.165, 1.54) is 15.8 Å². The van der Waals surface area contributed by atoms with E-state index in [9.17, 15) is 14.7 Å². The number of aryl methyl sites for hydroxylation is 2. The number of hydrogen-bond acceptors (Lipinski definition) is 3. The summed E-state index contributed by atoms with van der Waals surface area (Å²) in [6.07, 6.45) is 7.29. The van der Waals surface area contributed by atoms with Crippen molar-refractivity contribution in [2.75, 3.05) is 13.1 Å². The fourth-order valence-corrected chi connectivity index (χ4v) is 4.03. The third-order valence-electron chi connectivity index (χ3n) is 5.56. The normalized spacial score (nSPS) is 18.8. The minimum Gasteiger partial charge on any atom is -0.479 e. The predicted octanol–water partition coefficient (Wildman–Crippen LogP) is 2.09. The average molecular weight is 339 g/mol. The zero-order chi connectivity index (χ0) is 17.4.